The van der Waals surface area contributed by atoms with E-state index in [0.29, 0.717) is 12.1 Å². The molecule has 0 heterocycles. The minimum atomic E-state index is 0.513. The highest BCUT2D eigenvalue weighted by atomic mass is 16.5. The summed E-state index contributed by atoms with van der Waals surface area (Å²) in [5.74, 6) is 0. The number of nitrogens with zero attached hydrogens (tertiary/aromatic N) is 1. The van der Waals surface area contributed by atoms with E-state index in [0.717, 1.165) is 26.1 Å². The minimum absolute atomic E-state index is 0.513. The molecule has 0 bridgehead atoms. The van der Waals surface area contributed by atoms with E-state index in [1.165, 1.54) is 6.42 Å². The third-order valence-corrected chi connectivity index (χ3v) is 2.86. The van der Waals surface area contributed by atoms with Crippen molar-refractivity contribution in [2.24, 2.45) is 0 Å². The molecule has 3 nitrogen and oxygen atoms in total. The van der Waals surface area contributed by atoms with E-state index in [1.54, 1.807) is 7.11 Å². The van der Waals surface area contributed by atoms with Crippen molar-refractivity contribution in [3.63, 3.8) is 0 Å². The Hall–Kier alpha value is -0.120. The lowest BCUT2D eigenvalue weighted by Gasteiger charge is -2.22. The van der Waals surface area contributed by atoms with Crippen LogP contribution in [0.15, 0.2) is 0 Å². The first-order valence-corrected chi connectivity index (χ1v) is 6.04. The van der Waals surface area contributed by atoms with Gasteiger partial charge in [-0.25, -0.2) is 0 Å². The average Bonchev–Trinajstić information content (AvgIpc) is 2.22. The lowest BCUT2D eigenvalue weighted by Crippen LogP contribution is -2.35. The molecule has 0 amide bonds. The lowest BCUT2D eigenvalue weighted by atomic mass is 10.2. The van der Waals surface area contributed by atoms with Crippen LogP contribution in [0, 0.1) is 0 Å². The highest BCUT2D eigenvalue weighted by Crippen LogP contribution is 1.96. The molecule has 92 valence electrons. The molecule has 0 aliphatic rings. The average molecular weight is 216 g/mol. The zero-order valence-electron chi connectivity index (χ0n) is 11.0. The van der Waals surface area contributed by atoms with Crippen LogP contribution in [0.3, 0.4) is 0 Å². The van der Waals surface area contributed by atoms with Crippen LogP contribution < -0.4 is 5.32 Å². The van der Waals surface area contributed by atoms with E-state index in [9.17, 15) is 0 Å². The van der Waals surface area contributed by atoms with Crippen molar-refractivity contribution in [2.45, 2.75) is 45.7 Å². The number of nitrogens with one attached hydrogen (secondary N) is 1. The third-order valence-electron chi connectivity index (χ3n) is 2.86. The Balaban J connectivity index is 3.43. The zero-order valence-corrected chi connectivity index (χ0v) is 11.0. The van der Waals surface area contributed by atoms with Crippen molar-refractivity contribution in [3.8, 4) is 0 Å². The summed E-state index contributed by atoms with van der Waals surface area (Å²) < 4.78 is 5.14. The van der Waals surface area contributed by atoms with Gasteiger partial charge in [0.05, 0.1) is 6.61 Å². The van der Waals surface area contributed by atoms with Gasteiger partial charge < -0.3 is 15.0 Å². The molecule has 0 saturated carbocycles. The van der Waals surface area contributed by atoms with Crippen molar-refractivity contribution < 1.29 is 4.74 Å². The Morgan fingerprint density at radius 1 is 1.33 bits per heavy atom. The van der Waals surface area contributed by atoms with E-state index >= 15 is 0 Å². The second kappa shape index (κ2) is 9.13. The molecule has 0 spiro atoms. The van der Waals surface area contributed by atoms with Gasteiger partial charge in [0.1, 0.15) is 0 Å². The number of hydrogen-bond acceptors (Lipinski definition) is 3. The van der Waals surface area contributed by atoms with Crippen LogP contribution in [0.25, 0.3) is 0 Å². The molecule has 1 N–H and O–H groups in total. The number of rotatable bonds is 9. The summed E-state index contributed by atoms with van der Waals surface area (Å²) in [5.41, 5.74) is 0. The summed E-state index contributed by atoms with van der Waals surface area (Å²) >= 11 is 0. The molecule has 1 unspecified atom stereocenters. The van der Waals surface area contributed by atoms with E-state index in [2.05, 4.69) is 38.0 Å². The first-order valence-electron chi connectivity index (χ1n) is 6.04. The summed E-state index contributed by atoms with van der Waals surface area (Å²) in [4.78, 5) is 2.37. The molecule has 0 saturated heterocycles. The van der Waals surface area contributed by atoms with Crippen molar-refractivity contribution in [1.29, 1.82) is 0 Å². The Morgan fingerprint density at radius 3 is 2.47 bits per heavy atom. The topological polar surface area (TPSA) is 24.5 Å². The van der Waals surface area contributed by atoms with E-state index in [1.807, 2.05) is 0 Å². The van der Waals surface area contributed by atoms with Gasteiger partial charge in [0.2, 0.25) is 0 Å². The highest BCUT2D eigenvalue weighted by molar-refractivity contribution is 4.65. The molecule has 1 atom stereocenters. The van der Waals surface area contributed by atoms with Crippen molar-refractivity contribution in [1.82, 2.24) is 10.2 Å². The van der Waals surface area contributed by atoms with Crippen molar-refractivity contribution >= 4 is 0 Å². The maximum Gasteiger partial charge on any atom is 0.0615 e. The highest BCUT2D eigenvalue weighted by Gasteiger charge is 2.05. The van der Waals surface area contributed by atoms with E-state index in [4.69, 9.17) is 4.74 Å². The molecule has 0 aromatic heterocycles. The van der Waals surface area contributed by atoms with Crippen LogP contribution in [0.5, 0.6) is 0 Å². The second-order valence-electron chi connectivity index (χ2n) is 4.44. The Bertz CT molecular complexity index is 140. The van der Waals surface area contributed by atoms with Crippen LogP contribution in [0.1, 0.15) is 33.6 Å². The first kappa shape index (κ1) is 14.9. The summed E-state index contributed by atoms with van der Waals surface area (Å²) in [6.07, 6.45) is 2.34. The first-order chi connectivity index (χ1) is 7.11. The Kier molecular flexibility index (Phi) is 9.06. The van der Waals surface area contributed by atoms with Gasteiger partial charge >= 0.3 is 0 Å². The quantitative estimate of drug-likeness (QED) is 0.594. The predicted octanol–water partition coefficient (Wildman–Crippen LogP) is 1.73. The normalized spacial score (nSPS) is 13.8. The Morgan fingerprint density at radius 2 is 2.00 bits per heavy atom. The van der Waals surface area contributed by atoms with Gasteiger partial charge in [-0.3, -0.25) is 0 Å². The SMILES string of the molecule is CCC(COC)NCCCN(C)C(C)C. The maximum absolute atomic E-state index is 5.14. The van der Waals surface area contributed by atoms with E-state index in [-0.39, 0.29) is 0 Å². The molecule has 0 fully saturated rings. The van der Waals surface area contributed by atoms with Gasteiger partial charge in [0, 0.05) is 19.2 Å². The van der Waals surface area contributed by atoms with Crippen LogP contribution in [-0.2, 0) is 4.74 Å². The van der Waals surface area contributed by atoms with Crippen LogP contribution in [0.2, 0.25) is 0 Å². The van der Waals surface area contributed by atoms with Gasteiger partial charge in [0.15, 0.2) is 0 Å². The maximum atomic E-state index is 5.14. The molecule has 0 rings (SSSR count). The second-order valence-corrected chi connectivity index (χ2v) is 4.44. The zero-order chi connectivity index (χ0) is 11.7. The molecule has 0 aromatic rings. The standard InChI is InChI=1S/C12H28N2O/c1-6-12(10-15-5)13-8-7-9-14(4)11(2)3/h11-13H,6-10H2,1-5H3. The summed E-state index contributed by atoms with van der Waals surface area (Å²) in [6, 6.07) is 1.16. The minimum Gasteiger partial charge on any atom is -0.383 e. The third kappa shape index (κ3) is 7.77. The largest absolute Gasteiger partial charge is 0.383 e. The molecule has 0 aromatic carbocycles. The fourth-order valence-electron chi connectivity index (χ4n) is 1.42. The van der Waals surface area contributed by atoms with Crippen LogP contribution in [-0.4, -0.2) is 50.8 Å². The van der Waals surface area contributed by atoms with Crippen LogP contribution in [0.4, 0.5) is 0 Å². The van der Waals surface area contributed by atoms with Crippen LogP contribution >= 0.6 is 0 Å². The molecule has 3 heteroatoms. The van der Waals surface area contributed by atoms with Crippen molar-refractivity contribution in [3.05, 3.63) is 0 Å². The molecule has 0 aliphatic carbocycles. The fourth-order valence-corrected chi connectivity index (χ4v) is 1.42. The van der Waals surface area contributed by atoms with Gasteiger partial charge in [-0.1, -0.05) is 6.92 Å². The summed E-state index contributed by atoms with van der Waals surface area (Å²) in [5, 5.41) is 3.51. The van der Waals surface area contributed by atoms with Gasteiger partial charge in [-0.15, -0.1) is 0 Å². The van der Waals surface area contributed by atoms with Crippen molar-refractivity contribution in [2.75, 3.05) is 33.9 Å². The molecular weight excluding hydrogens is 188 g/mol. The monoisotopic (exact) mass is 216 g/mol. The van der Waals surface area contributed by atoms with Gasteiger partial charge in [-0.2, -0.15) is 0 Å². The molecular formula is C12H28N2O. The summed E-state index contributed by atoms with van der Waals surface area (Å²) in [7, 11) is 3.94. The molecule has 0 aliphatic heterocycles. The summed E-state index contributed by atoms with van der Waals surface area (Å²) in [6.45, 7) is 9.71. The smallest absolute Gasteiger partial charge is 0.0615 e. The predicted molar refractivity (Wildman–Crippen MR) is 66.3 cm³/mol. The number of hydrogen-bond donors (Lipinski definition) is 1. The molecule has 0 radical (unpaired) electrons. The number of methoxy groups -OCH3 is 1. The number of ether oxygens (including phenoxy) is 1. The van der Waals surface area contributed by atoms with Gasteiger partial charge in [0.25, 0.3) is 0 Å². The molecule has 15 heavy (non-hydrogen) atoms. The van der Waals surface area contributed by atoms with Gasteiger partial charge in [-0.05, 0) is 46.8 Å². The van der Waals surface area contributed by atoms with E-state index < -0.39 is 0 Å². The lowest BCUT2D eigenvalue weighted by molar-refractivity contribution is 0.163. The fraction of sp³-hybridized carbons (Fsp3) is 1.00. The Labute approximate surface area is 95.2 Å².